The van der Waals surface area contributed by atoms with Crippen LogP contribution < -0.4 is 9.47 Å². The van der Waals surface area contributed by atoms with Crippen LogP contribution in [0.3, 0.4) is 0 Å². The third-order valence-corrected chi connectivity index (χ3v) is 3.36. The Bertz CT molecular complexity index is 697. The van der Waals surface area contributed by atoms with Crippen LogP contribution in [0.2, 0.25) is 5.02 Å². The number of phenols is 2. The Morgan fingerprint density at radius 1 is 1.05 bits per heavy atom. The van der Waals surface area contributed by atoms with Gasteiger partial charge in [0, 0.05) is 6.07 Å². The standard InChI is InChI=1S/C15H13ClO5/c1-20-8-3-4-9(11(17)7-8)14(18)10-5-6-12(21-2)13(16)15(10)19/h3-7,17,19H,1-2H3. The van der Waals surface area contributed by atoms with Crippen molar-refractivity contribution in [2.75, 3.05) is 14.2 Å². The van der Waals surface area contributed by atoms with E-state index in [0.717, 1.165) is 0 Å². The van der Waals surface area contributed by atoms with E-state index in [-0.39, 0.29) is 27.6 Å². The van der Waals surface area contributed by atoms with Crippen molar-refractivity contribution in [2.45, 2.75) is 0 Å². The Balaban J connectivity index is 2.48. The average Bonchev–Trinajstić information content (AvgIpc) is 2.49. The highest BCUT2D eigenvalue weighted by atomic mass is 35.5. The normalized spacial score (nSPS) is 10.2. The summed E-state index contributed by atoms with van der Waals surface area (Å²) < 4.78 is 9.90. The van der Waals surface area contributed by atoms with E-state index in [1.807, 2.05) is 0 Å². The molecular formula is C15H13ClO5. The highest BCUT2D eigenvalue weighted by molar-refractivity contribution is 6.34. The zero-order valence-electron chi connectivity index (χ0n) is 11.4. The van der Waals surface area contributed by atoms with Crippen LogP contribution in [0.5, 0.6) is 23.0 Å². The average molecular weight is 309 g/mol. The molecule has 2 rings (SSSR count). The van der Waals surface area contributed by atoms with Gasteiger partial charge >= 0.3 is 0 Å². The minimum Gasteiger partial charge on any atom is -0.507 e. The molecule has 0 aliphatic rings. The van der Waals surface area contributed by atoms with Crippen molar-refractivity contribution >= 4 is 17.4 Å². The molecule has 0 radical (unpaired) electrons. The topological polar surface area (TPSA) is 76.0 Å². The number of rotatable bonds is 4. The van der Waals surface area contributed by atoms with E-state index in [4.69, 9.17) is 21.1 Å². The predicted molar refractivity (Wildman–Crippen MR) is 77.8 cm³/mol. The highest BCUT2D eigenvalue weighted by Crippen LogP contribution is 2.38. The zero-order valence-corrected chi connectivity index (χ0v) is 12.1. The van der Waals surface area contributed by atoms with E-state index in [9.17, 15) is 15.0 Å². The fraction of sp³-hybridized carbons (Fsp3) is 0.133. The number of aromatic hydroxyl groups is 2. The van der Waals surface area contributed by atoms with Gasteiger partial charge in [0.25, 0.3) is 0 Å². The van der Waals surface area contributed by atoms with Gasteiger partial charge in [-0.25, -0.2) is 0 Å². The Labute approximate surface area is 126 Å². The van der Waals surface area contributed by atoms with Gasteiger partial charge in [-0.2, -0.15) is 0 Å². The van der Waals surface area contributed by atoms with Crippen LogP contribution in [-0.4, -0.2) is 30.2 Å². The van der Waals surface area contributed by atoms with Gasteiger partial charge in [0.05, 0.1) is 25.3 Å². The first-order chi connectivity index (χ1) is 9.99. The number of halogens is 1. The fourth-order valence-corrected chi connectivity index (χ4v) is 2.10. The van der Waals surface area contributed by atoms with E-state index in [1.54, 1.807) is 0 Å². The quantitative estimate of drug-likeness (QED) is 0.849. The Morgan fingerprint density at radius 2 is 1.71 bits per heavy atom. The number of phenolic OH excluding ortho intramolecular Hbond substituents is 2. The lowest BCUT2D eigenvalue weighted by molar-refractivity contribution is 0.103. The molecule has 0 saturated carbocycles. The lowest BCUT2D eigenvalue weighted by atomic mass is 10.0. The second kappa shape index (κ2) is 5.93. The molecular weight excluding hydrogens is 296 g/mol. The van der Waals surface area contributed by atoms with Crippen molar-refractivity contribution in [3.8, 4) is 23.0 Å². The Kier molecular flexibility index (Phi) is 4.23. The molecule has 0 saturated heterocycles. The number of methoxy groups -OCH3 is 2. The van der Waals surface area contributed by atoms with Crippen LogP contribution >= 0.6 is 11.6 Å². The summed E-state index contributed by atoms with van der Waals surface area (Å²) in [5.41, 5.74) is 0.00796. The maximum atomic E-state index is 12.4. The van der Waals surface area contributed by atoms with Crippen LogP contribution in [0.1, 0.15) is 15.9 Å². The Hall–Kier alpha value is -2.40. The maximum absolute atomic E-state index is 12.4. The van der Waals surface area contributed by atoms with Crippen molar-refractivity contribution in [3.05, 3.63) is 46.5 Å². The summed E-state index contributed by atoms with van der Waals surface area (Å²) in [6, 6.07) is 7.11. The molecule has 2 aromatic carbocycles. The molecule has 0 spiro atoms. The van der Waals surface area contributed by atoms with Crippen LogP contribution in [0, 0.1) is 0 Å². The number of carbonyl (C=O) groups excluding carboxylic acids is 1. The third kappa shape index (κ3) is 2.73. The molecule has 0 unspecified atom stereocenters. The largest absolute Gasteiger partial charge is 0.507 e. The lowest BCUT2D eigenvalue weighted by Crippen LogP contribution is -2.03. The monoisotopic (exact) mass is 308 g/mol. The smallest absolute Gasteiger partial charge is 0.200 e. The van der Waals surface area contributed by atoms with Crippen molar-refractivity contribution < 1.29 is 24.5 Å². The predicted octanol–water partition coefficient (Wildman–Crippen LogP) is 3.00. The molecule has 0 atom stereocenters. The molecule has 2 N–H and O–H groups in total. The van der Waals surface area contributed by atoms with E-state index >= 15 is 0 Å². The molecule has 0 aromatic heterocycles. The summed E-state index contributed by atoms with van der Waals surface area (Å²) >= 11 is 5.91. The summed E-state index contributed by atoms with van der Waals surface area (Å²) in [6.45, 7) is 0. The summed E-state index contributed by atoms with van der Waals surface area (Å²) in [4.78, 5) is 12.4. The number of hydrogen-bond acceptors (Lipinski definition) is 5. The van der Waals surface area contributed by atoms with E-state index < -0.39 is 11.5 Å². The molecule has 6 heteroatoms. The molecule has 5 nitrogen and oxygen atoms in total. The minimum absolute atomic E-state index is 0.0266. The summed E-state index contributed by atoms with van der Waals surface area (Å²) in [7, 11) is 2.85. The van der Waals surface area contributed by atoms with Crippen LogP contribution in [-0.2, 0) is 0 Å². The molecule has 0 aliphatic heterocycles. The molecule has 0 heterocycles. The molecule has 2 aromatic rings. The minimum atomic E-state index is -0.558. The highest BCUT2D eigenvalue weighted by Gasteiger charge is 2.21. The molecule has 110 valence electrons. The van der Waals surface area contributed by atoms with E-state index in [2.05, 4.69) is 0 Å². The van der Waals surface area contributed by atoms with Crippen LogP contribution in [0.4, 0.5) is 0 Å². The second-order valence-corrected chi connectivity index (χ2v) is 4.57. The summed E-state index contributed by atoms with van der Waals surface area (Å²) in [6.07, 6.45) is 0. The number of ether oxygens (including phenoxy) is 2. The van der Waals surface area contributed by atoms with Gasteiger partial charge in [0.15, 0.2) is 0 Å². The van der Waals surface area contributed by atoms with Crippen LogP contribution in [0.15, 0.2) is 30.3 Å². The van der Waals surface area contributed by atoms with Gasteiger partial charge in [-0.15, -0.1) is 0 Å². The van der Waals surface area contributed by atoms with Crippen molar-refractivity contribution in [1.29, 1.82) is 0 Å². The maximum Gasteiger partial charge on any atom is 0.200 e. The lowest BCUT2D eigenvalue weighted by Gasteiger charge is -2.10. The molecule has 0 amide bonds. The van der Waals surface area contributed by atoms with E-state index in [1.165, 1.54) is 44.6 Å². The van der Waals surface area contributed by atoms with Crippen molar-refractivity contribution in [1.82, 2.24) is 0 Å². The first-order valence-electron chi connectivity index (χ1n) is 5.96. The van der Waals surface area contributed by atoms with Crippen LogP contribution in [0.25, 0.3) is 0 Å². The molecule has 0 fully saturated rings. The van der Waals surface area contributed by atoms with Crippen molar-refractivity contribution in [2.24, 2.45) is 0 Å². The first kappa shape index (κ1) is 15.0. The van der Waals surface area contributed by atoms with Gasteiger partial charge in [-0.05, 0) is 24.3 Å². The first-order valence-corrected chi connectivity index (χ1v) is 6.34. The number of ketones is 1. The van der Waals surface area contributed by atoms with E-state index in [0.29, 0.717) is 5.75 Å². The molecule has 0 aliphatic carbocycles. The number of carbonyl (C=O) groups is 1. The summed E-state index contributed by atoms with van der Waals surface area (Å²) in [5.74, 6) is -0.523. The number of hydrogen-bond donors (Lipinski definition) is 2. The fourth-order valence-electron chi connectivity index (χ4n) is 1.86. The van der Waals surface area contributed by atoms with Gasteiger partial charge in [-0.3, -0.25) is 4.79 Å². The van der Waals surface area contributed by atoms with Gasteiger partial charge in [0.2, 0.25) is 5.78 Å². The third-order valence-electron chi connectivity index (χ3n) is 2.99. The van der Waals surface area contributed by atoms with Gasteiger partial charge in [-0.1, -0.05) is 11.6 Å². The summed E-state index contributed by atoms with van der Waals surface area (Å²) in [5, 5.41) is 19.8. The molecule has 21 heavy (non-hydrogen) atoms. The Morgan fingerprint density at radius 3 is 2.29 bits per heavy atom. The van der Waals surface area contributed by atoms with Gasteiger partial charge < -0.3 is 19.7 Å². The number of benzene rings is 2. The second-order valence-electron chi connectivity index (χ2n) is 4.19. The van der Waals surface area contributed by atoms with Gasteiger partial charge in [0.1, 0.15) is 28.0 Å². The zero-order chi connectivity index (χ0) is 15.6. The van der Waals surface area contributed by atoms with Crippen molar-refractivity contribution in [3.63, 3.8) is 0 Å². The SMILES string of the molecule is COc1ccc(C(=O)c2ccc(OC)c(Cl)c2O)c(O)c1. The molecule has 0 bridgehead atoms.